The zero-order valence-corrected chi connectivity index (χ0v) is 11.3. The Hall–Kier alpha value is -1.52. The summed E-state index contributed by atoms with van der Waals surface area (Å²) in [5, 5.41) is 1.16. The van der Waals surface area contributed by atoms with E-state index in [4.69, 9.17) is 5.73 Å². The largest absolute Gasteiger partial charge is 0.399 e. The quantitative estimate of drug-likeness (QED) is 0.574. The van der Waals surface area contributed by atoms with Gasteiger partial charge in [-0.2, -0.15) is 0 Å². The predicted octanol–water partition coefficient (Wildman–Crippen LogP) is 4.17. The number of para-hydroxylation sites is 1. The molecule has 0 aliphatic heterocycles. The van der Waals surface area contributed by atoms with Gasteiger partial charge in [0.05, 0.1) is 16.0 Å². The van der Waals surface area contributed by atoms with Crippen molar-refractivity contribution in [2.45, 2.75) is 10.6 Å². The molecule has 0 saturated carbocycles. The number of anilines is 1. The van der Waals surface area contributed by atoms with Gasteiger partial charge in [-0.1, -0.05) is 12.1 Å². The molecule has 0 fully saturated rings. The van der Waals surface area contributed by atoms with Gasteiger partial charge in [-0.05, 0) is 36.4 Å². The first-order valence-electron chi connectivity index (χ1n) is 5.64. The maximum absolute atomic E-state index is 5.67. The van der Waals surface area contributed by atoms with E-state index in [1.807, 2.05) is 30.3 Å². The maximum Gasteiger partial charge on any atom is 0.104 e. The minimum absolute atomic E-state index is 0.805. The highest BCUT2D eigenvalue weighted by atomic mass is 32.2. The minimum Gasteiger partial charge on any atom is -0.399 e. The smallest absolute Gasteiger partial charge is 0.104 e. The summed E-state index contributed by atoms with van der Waals surface area (Å²) in [5.74, 6) is 0.906. The second-order valence-electron chi connectivity index (χ2n) is 3.93. The van der Waals surface area contributed by atoms with E-state index in [9.17, 15) is 0 Å². The monoisotopic (exact) mass is 272 g/mol. The molecule has 4 heteroatoms. The first-order chi connectivity index (χ1) is 8.81. The molecule has 0 spiro atoms. The molecule has 0 radical (unpaired) electrons. The number of nitrogens with zero attached hydrogens (tertiary/aromatic N) is 1. The highest BCUT2D eigenvalue weighted by Crippen LogP contribution is 2.28. The molecule has 2 aromatic carbocycles. The Morgan fingerprint density at radius 3 is 2.61 bits per heavy atom. The summed E-state index contributed by atoms with van der Waals surface area (Å²) >= 11 is 3.55. The second-order valence-corrected chi connectivity index (χ2v) is 6.10. The van der Waals surface area contributed by atoms with Crippen LogP contribution in [-0.4, -0.2) is 4.98 Å². The van der Waals surface area contributed by atoms with Crippen molar-refractivity contribution in [3.63, 3.8) is 0 Å². The summed E-state index contributed by atoms with van der Waals surface area (Å²) < 4.78 is 1.26. The van der Waals surface area contributed by atoms with Gasteiger partial charge in [0, 0.05) is 10.6 Å². The van der Waals surface area contributed by atoms with E-state index in [1.54, 1.807) is 23.1 Å². The van der Waals surface area contributed by atoms with E-state index in [-0.39, 0.29) is 0 Å². The average Bonchev–Trinajstić information content (AvgIpc) is 2.81. The zero-order chi connectivity index (χ0) is 12.4. The number of nitrogen functional groups attached to an aromatic ring is 1. The van der Waals surface area contributed by atoms with Crippen LogP contribution in [0.5, 0.6) is 0 Å². The van der Waals surface area contributed by atoms with Gasteiger partial charge < -0.3 is 5.73 Å². The lowest BCUT2D eigenvalue weighted by Crippen LogP contribution is -1.83. The molecule has 18 heavy (non-hydrogen) atoms. The summed E-state index contributed by atoms with van der Waals surface area (Å²) in [6, 6.07) is 16.2. The van der Waals surface area contributed by atoms with Gasteiger partial charge in [0.1, 0.15) is 5.01 Å². The summed E-state index contributed by atoms with van der Waals surface area (Å²) in [5.41, 5.74) is 7.56. The molecule has 0 unspecified atom stereocenters. The van der Waals surface area contributed by atoms with Crippen LogP contribution in [0.4, 0.5) is 5.69 Å². The molecule has 0 saturated heterocycles. The molecule has 0 bridgehead atoms. The fourth-order valence-electron chi connectivity index (χ4n) is 1.69. The van der Waals surface area contributed by atoms with Crippen molar-refractivity contribution in [3.8, 4) is 0 Å². The van der Waals surface area contributed by atoms with E-state index >= 15 is 0 Å². The number of aromatic nitrogens is 1. The molecule has 1 heterocycles. The maximum atomic E-state index is 5.67. The molecule has 3 aromatic rings. The summed E-state index contributed by atoms with van der Waals surface area (Å²) in [6.07, 6.45) is 0. The van der Waals surface area contributed by atoms with Crippen molar-refractivity contribution in [2.24, 2.45) is 0 Å². The van der Waals surface area contributed by atoms with Gasteiger partial charge in [0.2, 0.25) is 0 Å². The Morgan fingerprint density at radius 1 is 1.06 bits per heavy atom. The van der Waals surface area contributed by atoms with E-state index in [0.29, 0.717) is 0 Å². The summed E-state index contributed by atoms with van der Waals surface area (Å²) in [7, 11) is 0. The van der Waals surface area contributed by atoms with Gasteiger partial charge in [-0.3, -0.25) is 0 Å². The molecule has 2 N–H and O–H groups in total. The van der Waals surface area contributed by atoms with Gasteiger partial charge in [0.15, 0.2) is 0 Å². The van der Waals surface area contributed by atoms with Crippen molar-refractivity contribution in [1.82, 2.24) is 4.98 Å². The van der Waals surface area contributed by atoms with Gasteiger partial charge in [-0.15, -0.1) is 23.1 Å². The Bertz CT molecular complexity index is 626. The summed E-state index contributed by atoms with van der Waals surface area (Å²) in [4.78, 5) is 5.84. The Morgan fingerprint density at radius 2 is 1.83 bits per heavy atom. The predicted molar refractivity (Wildman–Crippen MR) is 80.0 cm³/mol. The van der Waals surface area contributed by atoms with Gasteiger partial charge in [-0.25, -0.2) is 4.98 Å². The molecule has 0 atom stereocenters. The van der Waals surface area contributed by atoms with Crippen LogP contribution in [-0.2, 0) is 5.75 Å². The van der Waals surface area contributed by atoms with Crippen LogP contribution in [0.1, 0.15) is 5.01 Å². The lowest BCUT2D eigenvalue weighted by molar-refractivity contribution is 1.30. The highest BCUT2D eigenvalue weighted by Gasteiger charge is 2.03. The lowest BCUT2D eigenvalue weighted by atomic mass is 10.3. The van der Waals surface area contributed by atoms with Crippen LogP contribution in [0, 0.1) is 0 Å². The van der Waals surface area contributed by atoms with Crippen LogP contribution < -0.4 is 5.73 Å². The highest BCUT2D eigenvalue weighted by molar-refractivity contribution is 7.98. The number of hydrogen-bond donors (Lipinski definition) is 1. The van der Waals surface area contributed by atoms with Crippen LogP contribution in [0.15, 0.2) is 53.4 Å². The summed E-state index contributed by atoms with van der Waals surface area (Å²) in [6.45, 7) is 0. The Kier molecular flexibility index (Phi) is 3.21. The first kappa shape index (κ1) is 11.6. The van der Waals surface area contributed by atoms with Crippen molar-refractivity contribution in [3.05, 3.63) is 53.5 Å². The molecule has 0 aliphatic rings. The average molecular weight is 272 g/mol. The van der Waals surface area contributed by atoms with Crippen molar-refractivity contribution in [1.29, 1.82) is 0 Å². The van der Waals surface area contributed by atoms with E-state index in [0.717, 1.165) is 22.0 Å². The first-order valence-corrected chi connectivity index (χ1v) is 7.44. The molecule has 3 rings (SSSR count). The third-order valence-corrected chi connectivity index (χ3v) is 4.82. The second kappa shape index (κ2) is 5.00. The number of nitrogens with two attached hydrogens (primary N) is 1. The standard InChI is InChI=1S/C14H12N2S2/c15-10-5-7-11(8-6-10)17-9-14-16-12-3-1-2-4-13(12)18-14/h1-8H,9,15H2. The molecule has 0 amide bonds. The Balaban J connectivity index is 1.74. The van der Waals surface area contributed by atoms with Crippen LogP contribution in [0.2, 0.25) is 0 Å². The van der Waals surface area contributed by atoms with E-state index < -0.39 is 0 Å². The van der Waals surface area contributed by atoms with Gasteiger partial charge in [0.25, 0.3) is 0 Å². The number of hydrogen-bond acceptors (Lipinski definition) is 4. The van der Waals surface area contributed by atoms with E-state index in [1.165, 1.54) is 9.60 Å². The molecule has 0 aliphatic carbocycles. The number of rotatable bonds is 3. The molecule has 90 valence electrons. The van der Waals surface area contributed by atoms with Crippen LogP contribution in [0.3, 0.4) is 0 Å². The lowest BCUT2D eigenvalue weighted by Gasteiger charge is -1.99. The molecular formula is C14H12N2S2. The number of thioether (sulfide) groups is 1. The van der Waals surface area contributed by atoms with Crippen molar-refractivity contribution in [2.75, 3.05) is 5.73 Å². The number of fused-ring (bicyclic) bond motifs is 1. The Labute approximate surface area is 114 Å². The topological polar surface area (TPSA) is 38.9 Å². The van der Waals surface area contributed by atoms with Crippen LogP contribution >= 0.6 is 23.1 Å². The van der Waals surface area contributed by atoms with E-state index in [2.05, 4.69) is 23.2 Å². The fraction of sp³-hybridized carbons (Fsp3) is 0.0714. The third-order valence-electron chi connectivity index (χ3n) is 2.58. The zero-order valence-electron chi connectivity index (χ0n) is 9.67. The SMILES string of the molecule is Nc1ccc(SCc2nc3ccccc3s2)cc1. The van der Waals surface area contributed by atoms with Crippen molar-refractivity contribution >= 4 is 39.0 Å². The minimum atomic E-state index is 0.805. The van der Waals surface area contributed by atoms with Crippen LogP contribution in [0.25, 0.3) is 10.2 Å². The number of benzene rings is 2. The fourth-order valence-corrected chi connectivity index (χ4v) is 3.55. The normalized spacial score (nSPS) is 10.9. The third kappa shape index (κ3) is 2.49. The molecular weight excluding hydrogens is 260 g/mol. The van der Waals surface area contributed by atoms with Crippen molar-refractivity contribution < 1.29 is 0 Å². The molecule has 2 nitrogen and oxygen atoms in total. The number of thiazole rings is 1. The van der Waals surface area contributed by atoms with Gasteiger partial charge >= 0.3 is 0 Å². The molecule has 1 aromatic heterocycles.